The number of rotatable bonds is 2. The van der Waals surface area contributed by atoms with Gasteiger partial charge in [0.1, 0.15) is 0 Å². The van der Waals surface area contributed by atoms with Crippen LogP contribution in [0.2, 0.25) is 0 Å². The third-order valence-electron chi connectivity index (χ3n) is 2.49. The van der Waals surface area contributed by atoms with Gasteiger partial charge in [-0.15, -0.1) is 11.3 Å². The maximum absolute atomic E-state index is 11.7. The van der Waals surface area contributed by atoms with Crippen LogP contribution in [0.1, 0.15) is 27.5 Å². The smallest absolute Gasteiger partial charge is 0.280 e. The van der Waals surface area contributed by atoms with E-state index in [1.165, 1.54) is 11.3 Å². The van der Waals surface area contributed by atoms with Crippen LogP contribution in [0.4, 0.5) is 0 Å². The number of amides is 1. The summed E-state index contributed by atoms with van der Waals surface area (Å²) in [6.07, 6.45) is 3.76. The van der Waals surface area contributed by atoms with Crippen molar-refractivity contribution in [3.63, 3.8) is 0 Å². The minimum atomic E-state index is -0.0278. The zero-order chi connectivity index (χ0) is 10.7. The van der Waals surface area contributed by atoms with E-state index in [-0.39, 0.29) is 5.91 Å². The minimum absolute atomic E-state index is 0.0278. The summed E-state index contributed by atoms with van der Waals surface area (Å²) in [5, 5.41) is 6.86. The Morgan fingerprint density at radius 3 is 2.93 bits per heavy atom. The molecule has 0 unspecified atom stereocenters. The van der Waals surface area contributed by atoms with Crippen LogP contribution in [0.25, 0.3) is 0 Å². The third-order valence-corrected chi connectivity index (χ3v) is 3.40. The fraction of sp³-hybridized carbons (Fsp3) is 0.600. The first-order chi connectivity index (χ1) is 7.25. The van der Waals surface area contributed by atoms with Gasteiger partial charge in [-0.2, -0.15) is 0 Å². The normalized spacial score (nSPS) is 17.7. The lowest BCUT2D eigenvalue weighted by Gasteiger charge is -2.23. The molecule has 0 atom stereocenters. The van der Waals surface area contributed by atoms with E-state index in [1.807, 2.05) is 6.92 Å². The Hall–Kier alpha value is -0.940. The van der Waals surface area contributed by atoms with Crippen LogP contribution in [0.3, 0.4) is 0 Å². The molecule has 2 heterocycles. The number of nitrogens with one attached hydrogen (secondary N) is 2. The summed E-state index contributed by atoms with van der Waals surface area (Å²) in [7, 11) is 0. The molecule has 5 heteroatoms. The lowest BCUT2D eigenvalue weighted by atomic mass is 10.1. The van der Waals surface area contributed by atoms with E-state index in [0.29, 0.717) is 11.0 Å². The molecule has 1 aliphatic heterocycles. The molecule has 2 N–H and O–H groups in total. The molecule has 1 fully saturated rings. The highest BCUT2D eigenvalue weighted by Crippen LogP contribution is 2.12. The molecule has 0 aliphatic carbocycles. The molecular formula is C10H15N3OS. The van der Waals surface area contributed by atoms with E-state index in [1.54, 1.807) is 6.20 Å². The van der Waals surface area contributed by atoms with E-state index in [4.69, 9.17) is 0 Å². The van der Waals surface area contributed by atoms with Crippen LogP contribution in [-0.2, 0) is 0 Å². The molecule has 1 amide bonds. The number of carbonyl (C=O) groups is 1. The van der Waals surface area contributed by atoms with E-state index in [2.05, 4.69) is 15.6 Å². The van der Waals surface area contributed by atoms with Gasteiger partial charge in [-0.1, -0.05) is 0 Å². The summed E-state index contributed by atoms with van der Waals surface area (Å²) in [6, 6.07) is 0.308. The van der Waals surface area contributed by atoms with Crippen LogP contribution < -0.4 is 10.6 Å². The van der Waals surface area contributed by atoms with Gasteiger partial charge in [-0.05, 0) is 32.9 Å². The maximum Gasteiger partial charge on any atom is 0.280 e. The SMILES string of the molecule is Cc1cnc(C(=O)NC2CCNCC2)s1. The Balaban J connectivity index is 1.91. The van der Waals surface area contributed by atoms with Crippen molar-refractivity contribution in [1.29, 1.82) is 0 Å². The Labute approximate surface area is 93.1 Å². The first-order valence-corrected chi connectivity index (χ1v) is 6.01. The number of aryl methyl sites for hydroxylation is 1. The molecule has 1 aromatic rings. The summed E-state index contributed by atoms with van der Waals surface area (Å²) < 4.78 is 0. The Bertz CT molecular complexity index is 344. The fourth-order valence-corrected chi connectivity index (χ4v) is 2.34. The van der Waals surface area contributed by atoms with Gasteiger partial charge in [0.15, 0.2) is 5.01 Å². The van der Waals surface area contributed by atoms with Gasteiger partial charge in [0.05, 0.1) is 0 Å². The largest absolute Gasteiger partial charge is 0.347 e. The lowest BCUT2D eigenvalue weighted by molar-refractivity contribution is 0.0929. The Morgan fingerprint density at radius 1 is 1.60 bits per heavy atom. The topological polar surface area (TPSA) is 54.0 Å². The van der Waals surface area contributed by atoms with Gasteiger partial charge in [0.2, 0.25) is 0 Å². The maximum atomic E-state index is 11.7. The molecule has 1 aliphatic rings. The number of hydrogen-bond acceptors (Lipinski definition) is 4. The van der Waals surface area contributed by atoms with Crippen LogP contribution >= 0.6 is 11.3 Å². The monoisotopic (exact) mass is 225 g/mol. The van der Waals surface area contributed by atoms with Crippen molar-refractivity contribution in [2.45, 2.75) is 25.8 Å². The van der Waals surface area contributed by atoms with Crippen LogP contribution in [0.15, 0.2) is 6.20 Å². The molecule has 0 spiro atoms. The van der Waals surface area contributed by atoms with Crippen LogP contribution in [-0.4, -0.2) is 30.0 Å². The second-order valence-electron chi connectivity index (χ2n) is 3.77. The van der Waals surface area contributed by atoms with Crippen molar-refractivity contribution in [2.24, 2.45) is 0 Å². The highest BCUT2D eigenvalue weighted by atomic mass is 32.1. The molecule has 15 heavy (non-hydrogen) atoms. The van der Waals surface area contributed by atoms with Crippen molar-refractivity contribution in [2.75, 3.05) is 13.1 Å². The first kappa shape index (κ1) is 10.6. The summed E-state index contributed by atoms with van der Waals surface area (Å²) in [5.41, 5.74) is 0. The summed E-state index contributed by atoms with van der Waals surface area (Å²) in [5.74, 6) is -0.0278. The zero-order valence-corrected chi connectivity index (χ0v) is 9.56. The number of carbonyl (C=O) groups excluding carboxylic acids is 1. The summed E-state index contributed by atoms with van der Waals surface area (Å²) in [6.45, 7) is 3.93. The average molecular weight is 225 g/mol. The van der Waals surface area contributed by atoms with Gasteiger partial charge in [0, 0.05) is 17.1 Å². The summed E-state index contributed by atoms with van der Waals surface area (Å²) >= 11 is 1.45. The molecule has 4 nitrogen and oxygen atoms in total. The highest BCUT2D eigenvalue weighted by molar-refractivity contribution is 7.13. The predicted octanol–water partition coefficient (Wildman–Crippen LogP) is 0.933. The molecular weight excluding hydrogens is 210 g/mol. The minimum Gasteiger partial charge on any atom is -0.347 e. The van der Waals surface area contributed by atoms with Gasteiger partial charge in [0.25, 0.3) is 5.91 Å². The Morgan fingerprint density at radius 2 is 2.33 bits per heavy atom. The number of hydrogen-bond donors (Lipinski definition) is 2. The molecule has 0 saturated carbocycles. The average Bonchev–Trinajstić information content (AvgIpc) is 2.66. The molecule has 82 valence electrons. The first-order valence-electron chi connectivity index (χ1n) is 5.20. The third kappa shape index (κ3) is 2.76. The second kappa shape index (κ2) is 4.72. The van der Waals surface area contributed by atoms with Gasteiger partial charge < -0.3 is 10.6 Å². The fourth-order valence-electron chi connectivity index (χ4n) is 1.67. The molecule has 0 radical (unpaired) electrons. The van der Waals surface area contributed by atoms with Gasteiger partial charge >= 0.3 is 0 Å². The van der Waals surface area contributed by atoms with Crippen LogP contribution in [0, 0.1) is 6.92 Å². The quantitative estimate of drug-likeness (QED) is 0.787. The van der Waals surface area contributed by atoms with Crippen molar-refractivity contribution in [1.82, 2.24) is 15.6 Å². The van der Waals surface area contributed by atoms with E-state index in [0.717, 1.165) is 30.8 Å². The van der Waals surface area contributed by atoms with Crippen molar-refractivity contribution >= 4 is 17.2 Å². The van der Waals surface area contributed by atoms with Gasteiger partial charge in [-0.25, -0.2) is 4.98 Å². The molecule has 0 bridgehead atoms. The number of nitrogens with zero attached hydrogens (tertiary/aromatic N) is 1. The molecule has 1 aromatic heterocycles. The van der Waals surface area contributed by atoms with Gasteiger partial charge in [-0.3, -0.25) is 4.79 Å². The molecule has 0 aromatic carbocycles. The number of thiazole rings is 1. The molecule has 1 saturated heterocycles. The van der Waals surface area contributed by atoms with E-state index in [9.17, 15) is 4.79 Å². The lowest BCUT2D eigenvalue weighted by Crippen LogP contribution is -2.42. The van der Waals surface area contributed by atoms with E-state index >= 15 is 0 Å². The van der Waals surface area contributed by atoms with Crippen molar-refractivity contribution < 1.29 is 4.79 Å². The standard InChI is InChI=1S/C10H15N3OS/c1-7-6-12-10(15-7)9(14)13-8-2-4-11-5-3-8/h6,8,11H,2-5H2,1H3,(H,13,14). The molecule has 2 rings (SSSR count). The Kier molecular flexibility index (Phi) is 3.33. The highest BCUT2D eigenvalue weighted by Gasteiger charge is 2.17. The number of piperidine rings is 1. The van der Waals surface area contributed by atoms with Crippen molar-refractivity contribution in [3.8, 4) is 0 Å². The van der Waals surface area contributed by atoms with E-state index < -0.39 is 0 Å². The van der Waals surface area contributed by atoms with Crippen molar-refractivity contribution in [3.05, 3.63) is 16.1 Å². The second-order valence-corrected chi connectivity index (χ2v) is 5.01. The predicted molar refractivity (Wildman–Crippen MR) is 60.2 cm³/mol. The summed E-state index contributed by atoms with van der Waals surface area (Å²) in [4.78, 5) is 16.9. The zero-order valence-electron chi connectivity index (χ0n) is 8.75. The van der Waals surface area contributed by atoms with Crippen LogP contribution in [0.5, 0.6) is 0 Å². The number of aromatic nitrogens is 1.